The van der Waals surface area contributed by atoms with Crippen molar-refractivity contribution in [2.75, 3.05) is 11.9 Å². The Labute approximate surface area is 174 Å². The van der Waals surface area contributed by atoms with E-state index in [2.05, 4.69) is 54.3 Å². The predicted molar refractivity (Wildman–Crippen MR) is 116 cm³/mol. The molecule has 1 aromatic heterocycles. The lowest BCUT2D eigenvalue weighted by Crippen LogP contribution is -2.21. The maximum atomic E-state index is 7.57. The number of ether oxygens (including phenoxy) is 1. The summed E-state index contributed by atoms with van der Waals surface area (Å²) in [4.78, 5) is 0. The van der Waals surface area contributed by atoms with Crippen LogP contribution in [0.25, 0.3) is 22.0 Å². The summed E-state index contributed by atoms with van der Waals surface area (Å²) < 4.78 is 7.52. The van der Waals surface area contributed by atoms with Crippen LogP contribution in [0.3, 0.4) is 0 Å². The summed E-state index contributed by atoms with van der Waals surface area (Å²) in [5.41, 5.74) is 7.21. The summed E-state index contributed by atoms with van der Waals surface area (Å²) in [6.45, 7) is 2.73. The van der Waals surface area contributed by atoms with Gasteiger partial charge < -0.3 is 15.8 Å². The van der Waals surface area contributed by atoms with Crippen LogP contribution in [0.4, 0.5) is 5.82 Å². The van der Waals surface area contributed by atoms with Crippen molar-refractivity contribution in [2.45, 2.75) is 19.8 Å². The standard InChI is InChI=1S/C19H19Br2N5O/c1-2-3-9-27-17-13(20)10-12-14(15(17)21)18(24-19(22)23)26-25-16(12)11-7-5-4-6-8-11/h4-8,10H,2-3,9H2,1H3,(H4,22,23,24,26). The van der Waals surface area contributed by atoms with E-state index >= 15 is 0 Å². The average molecular weight is 493 g/mol. The van der Waals surface area contributed by atoms with Crippen molar-refractivity contribution in [1.29, 1.82) is 5.41 Å². The fraction of sp³-hybridized carbons (Fsp3) is 0.211. The van der Waals surface area contributed by atoms with Crippen LogP contribution in [0.5, 0.6) is 5.75 Å². The normalized spacial score (nSPS) is 10.8. The Bertz CT molecular complexity index is 979. The zero-order valence-corrected chi connectivity index (χ0v) is 17.9. The molecule has 3 rings (SSSR count). The van der Waals surface area contributed by atoms with E-state index in [1.54, 1.807) is 0 Å². The van der Waals surface area contributed by atoms with Gasteiger partial charge in [-0.25, -0.2) is 0 Å². The fourth-order valence-corrected chi connectivity index (χ4v) is 4.24. The highest BCUT2D eigenvalue weighted by Crippen LogP contribution is 2.44. The molecule has 0 unspecified atom stereocenters. The molecule has 4 N–H and O–H groups in total. The number of anilines is 1. The number of rotatable bonds is 6. The molecule has 0 aliphatic carbocycles. The zero-order valence-electron chi connectivity index (χ0n) is 14.7. The summed E-state index contributed by atoms with van der Waals surface area (Å²) in [5, 5.41) is 20.6. The van der Waals surface area contributed by atoms with Gasteiger partial charge in [0.15, 0.2) is 11.8 Å². The van der Waals surface area contributed by atoms with Crippen LogP contribution in [-0.2, 0) is 0 Å². The van der Waals surface area contributed by atoms with Crippen LogP contribution in [0.1, 0.15) is 19.8 Å². The number of halogens is 2. The summed E-state index contributed by atoms with van der Waals surface area (Å²) in [5.74, 6) is 0.882. The average Bonchev–Trinajstić information content (AvgIpc) is 2.64. The highest BCUT2D eigenvalue weighted by atomic mass is 79.9. The maximum Gasteiger partial charge on any atom is 0.191 e. The van der Waals surface area contributed by atoms with Gasteiger partial charge in [-0.05, 0) is 44.3 Å². The molecular formula is C19H19Br2N5O. The van der Waals surface area contributed by atoms with Crippen molar-refractivity contribution >= 4 is 54.4 Å². The van der Waals surface area contributed by atoms with Crippen LogP contribution in [0, 0.1) is 5.41 Å². The first-order valence-corrected chi connectivity index (χ1v) is 10.1. The molecule has 0 spiro atoms. The molecular weight excluding hydrogens is 474 g/mol. The van der Waals surface area contributed by atoms with E-state index in [9.17, 15) is 0 Å². The molecule has 2 aromatic carbocycles. The number of nitrogens with one attached hydrogen (secondary N) is 2. The molecule has 0 saturated heterocycles. The van der Waals surface area contributed by atoms with Gasteiger partial charge in [-0.1, -0.05) is 43.7 Å². The van der Waals surface area contributed by atoms with E-state index in [0.717, 1.165) is 43.8 Å². The van der Waals surface area contributed by atoms with Gasteiger partial charge in [0.05, 0.1) is 15.6 Å². The number of guanidine groups is 1. The Kier molecular flexibility index (Phi) is 6.28. The molecule has 0 aliphatic rings. The number of aromatic nitrogens is 2. The van der Waals surface area contributed by atoms with E-state index in [1.165, 1.54) is 0 Å². The predicted octanol–water partition coefficient (Wildman–Crippen LogP) is 5.31. The molecule has 0 radical (unpaired) electrons. The molecule has 6 nitrogen and oxygen atoms in total. The molecule has 0 amide bonds. The van der Waals surface area contributed by atoms with E-state index in [4.69, 9.17) is 15.9 Å². The third-order valence-electron chi connectivity index (χ3n) is 3.96. The van der Waals surface area contributed by atoms with Gasteiger partial charge in [0.1, 0.15) is 11.4 Å². The van der Waals surface area contributed by atoms with Gasteiger partial charge >= 0.3 is 0 Å². The number of hydrogen-bond donors (Lipinski definition) is 3. The Morgan fingerprint density at radius 3 is 2.63 bits per heavy atom. The molecule has 0 fully saturated rings. The molecule has 8 heteroatoms. The third kappa shape index (κ3) is 4.22. The minimum absolute atomic E-state index is 0.207. The van der Waals surface area contributed by atoms with E-state index < -0.39 is 0 Å². The summed E-state index contributed by atoms with van der Waals surface area (Å²) in [6.07, 6.45) is 2.00. The van der Waals surface area contributed by atoms with Gasteiger partial charge in [-0.2, -0.15) is 0 Å². The van der Waals surface area contributed by atoms with Crippen molar-refractivity contribution in [3.8, 4) is 17.0 Å². The monoisotopic (exact) mass is 491 g/mol. The molecule has 140 valence electrons. The maximum absolute atomic E-state index is 7.57. The Morgan fingerprint density at radius 1 is 1.22 bits per heavy atom. The number of nitrogens with zero attached hydrogens (tertiary/aromatic N) is 2. The fourth-order valence-electron chi connectivity index (χ4n) is 2.70. The molecule has 0 atom stereocenters. The lowest BCUT2D eigenvalue weighted by Gasteiger charge is -2.16. The van der Waals surface area contributed by atoms with Crippen LogP contribution in [0.2, 0.25) is 0 Å². The number of fused-ring (bicyclic) bond motifs is 1. The van der Waals surface area contributed by atoms with Gasteiger partial charge in [0.2, 0.25) is 0 Å². The molecule has 0 saturated carbocycles. The first kappa shape index (κ1) is 19.6. The first-order chi connectivity index (χ1) is 13.0. The van der Waals surface area contributed by atoms with Gasteiger partial charge in [0.25, 0.3) is 0 Å². The van der Waals surface area contributed by atoms with Crippen molar-refractivity contribution in [1.82, 2.24) is 10.2 Å². The molecule has 27 heavy (non-hydrogen) atoms. The Balaban J connectivity index is 2.25. The number of unbranched alkanes of at least 4 members (excludes halogenated alkanes) is 1. The van der Waals surface area contributed by atoms with Gasteiger partial charge in [-0.3, -0.25) is 5.41 Å². The SMILES string of the molecule is CCCCOc1c(Br)cc2c(-c3ccccc3)nnc(NC(=N)N)c2c1Br. The molecule has 0 bridgehead atoms. The van der Waals surface area contributed by atoms with E-state index in [-0.39, 0.29) is 5.96 Å². The largest absolute Gasteiger partial charge is 0.491 e. The number of benzene rings is 2. The Hall–Kier alpha value is -2.19. The number of nitrogens with two attached hydrogens (primary N) is 1. The zero-order chi connectivity index (χ0) is 19.4. The van der Waals surface area contributed by atoms with Crippen molar-refractivity contribution in [3.05, 3.63) is 45.3 Å². The minimum Gasteiger partial charge on any atom is -0.491 e. The second kappa shape index (κ2) is 8.67. The highest BCUT2D eigenvalue weighted by molar-refractivity contribution is 9.11. The van der Waals surface area contributed by atoms with Gasteiger partial charge in [0, 0.05) is 16.3 Å². The van der Waals surface area contributed by atoms with Crippen molar-refractivity contribution < 1.29 is 4.74 Å². The smallest absolute Gasteiger partial charge is 0.191 e. The van der Waals surface area contributed by atoms with Crippen molar-refractivity contribution in [2.24, 2.45) is 5.73 Å². The quantitative estimate of drug-likeness (QED) is 0.246. The number of hydrogen-bond acceptors (Lipinski definition) is 4. The Morgan fingerprint density at radius 2 is 1.96 bits per heavy atom. The van der Waals surface area contributed by atoms with Gasteiger partial charge in [-0.15, -0.1) is 10.2 Å². The summed E-state index contributed by atoms with van der Waals surface area (Å²) in [7, 11) is 0. The third-order valence-corrected chi connectivity index (χ3v) is 5.31. The van der Waals surface area contributed by atoms with Crippen LogP contribution >= 0.6 is 31.9 Å². The first-order valence-electron chi connectivity index (χ1n) is 8.50. The molecule has 0 aliphatic heterocycles. The second-order valence-corrected chi connectivity index (χ2v) is 7.58. The van der Waals surface area contributed by atoms with Crippen LogP contribution in [0.15, 0.2) is 45.3 Å². The lowest BCUT2D eigenvalue weighted by atomic mass is 10.0. The summed E-state index contributed by atoms with van der Waals surface area (Å²) >= 11 is 7.27. The summed E-state index contributed by atoms with van der Waals surface area (Å²) in [6, 6.07) is 11.8. The van der Waals surface area contributed by atoms with Crippen molar-refractivity contribution in [3.63, 3.8) is 0 Å². The topological polar surface area (TPSA) is 96.9 Å². The van der Waals surface area contributed by atoms with E-state index in [1.807, 2.05) is 36.4 Å². The van der Waals surface area contributed by atoms with E-state index in [0.29, 0.717) is 18.2 Å². The molecule has 1 heterocycles. The minimum atomic E-state index is -0.207. The second-order valence-electron chi connectivity index (χ2n) is 5.93. The van der Waals surface area contributed by atoms with Crippen LogP contribution in [-0.4, -0.2) is 22.8 Å². The lowest BCUT2D eigenvalue weighted by molar-refractivity contribution is 0.306. The van der Waals surface area contributed by atoms with Crippen LogP contribution < -0.4 is 15.8 Å². The highest BCUT2D eigenvalue weighted by Gasteiger charge is 2.20. The molecule has 3 aromatic rings.